The quantitative estimate of drug-likeness (QED) is 0.265. The number of hydrogen-bond donors (Lipinski definition) is 0. The monoisotopic (exact) mass is 407 g/mol. The number of fused-ring (bicyclic) bond motifs is 1. The molecule has 0 saturated carbocycles. The van der Waals surface area contributed by atoms with Crippen molar-refractivity contribution in [1.29, 1.82) is 0 Å². The maximum atomic E-state index is 12.0. The van der Waals surface area contributed by atoms with E-state index in [9.17, 15) is 14.9 Å². The summed E-state index contributed by atoms with van der Waals surface area (Å²) in [5, 5.41) is 15.7. The molecule has 0 unspecified atom stereocenters. The molecule has 0 atom stereocenters. The molecule has 2 aromatic carbocycles. The van der Waals surface area contributed by atoms with E-state index in [1.54, 1.807) is 0 Å². The van der Waals surface area contributed by atoms with E-state index in [0.717, 1.165) is 12.7 Å². The summed E-state index contributed by atoms with van der Waals surface area (Å²) in [6.07, 6.45) is 0. The van der Waals surface area contributed by atoms with Gasteiger partial charge in [-0.1, -0.05) is 12.1 Å². The first-order valence-corrected chi connectivity index (χ1v) is 9.35. The number of hydrogen-bond acceptors (Lipinski definition) is 8. The van der Waals surface area contributed by atoms with Gasteiger partial charge in [0.1, 0.15) is 11.3 Å². The Hall–Kier alpha value is -3.85. The van der Waals surface area contributed by atoms with Gasteiger partial charge in [0.25, 0.3) is 5.69 Å². The number of nitrogens with zero attached hydrogens (tertiary/aromatic N) is 3. The molecule has 0 amide bonds. The summed E-state index contributed by atoms with van der Waals surface area (Å²) in [6, 6.07) is 13.1. The van der Waals surface area contributed by atoms with Gasteiger partial charge < -0.3 is 9.47 Å². The van der Waals surface area contributed by atoms with Crippen LogP contribution in [0.5, 0.6) is 11.6 Å². The smallest absolute Gasteiger partial charge is 0.345 e. The highest BCUT2D eigenvalue weighted by Gasteiger charge is 2.22. The first-order chi connectivity index (χ1) is 14.1. The van der Waals surface area contributed by atoms with E-state index in [0.29, 0.717) is 16.7 Å². The number of thiophene rings is 1. The third kappa shape index (κ3) is 3.63. The molecule has 29 heavy (non-hydrogen) atoms. The Labute approximate surface area is 168 Å². The highest BCUT2D eigenvalue weighted by molar-refractivity contribution is 7.08. The zero-order chi connectivity index (χ0) is 20.4. The van der Waals surface area contributed by atoms with Crippen LogP contribution in [0.3, 0.4) is 0 Å². The Kier molecular flexibility index (Phi) is 4.88. The van der Waals surface area contributed by atoms with Crippen molar-refractivity contribution < 1.29 is 19.2 Å². The summed E-state index contributed by atoms with van der Waals surface area (Å²) in [6.45, 7) is 0. The highest BCUT2D eigenvalue weighted by Crippen LogP contribution is 2.32. The summed E-state index contributed by atoms with van der Waals surface area (Å²) in [7, 11) is 1.16. The second-order valence-corrected chi connectivity index (χ2v) is 6.69. The highest BCUT2D eigenvalue weighted by atomic mass is 32.1. The molecule has 2 heterocycles. The molecule has 0 fully saturated rings. The Morgan fingerprint density at radius 2 is 1.97 bits per heavy atom. The second-order valence-electron chi connectivity index (χ2n) is 5.91. The van der Waals surface area contributed by atoms with Crippen LogP contribution in [0.25, 0.3) is 22.3 Å². The van der Waals surface area contributed by atoms with Gasteiger partial charge in [-0.3, -0.25) is 10.1 Å². The maximum absolute atomic E-state index is 12.0. The minimum Gasteiger partial charge on any atom is -0.465 e. The molecule has 0 spiro atoms. The number of methoxy groups -OCH3 is 1. The predicted octanol–water partition coefficient (Wildman–Crippen LogP) is 4.85. The van der Waals surface area contributed by atoms with Gasteiger partial charge >= 0.3 is 5.97 Å². The number of nitro groups is 1. The molecule has 9 heteroatoms. The van der Waals surface area contributed by atoms with Crippen LogP contribution in [0, 0.1) is 10.1 Å². The first kappa shape index (κ1) is 18.5. The zero-order valence-electron chi connectivity index (χ0n) is 15.1. The van der Waals surface area contributed by atoms with E-state index in [4.69, 9.17) is 4.74 Å². The Morgan fingerprint density at radius 1 is 1.14 bits per heavy atom. The number of ether oxygens (including phenoxy) is 2. The van der Waals surface area contributed by atoms with Gasteiger partial charge in [0.05, 0.1) is 22.9 Å². The third-order valence-corrected chi connectivity index (χ3v) is 4.82. The average molecular weight is 407 g/mol. The minimum absolute atomic E-state index is 0.202. The molecular weight excluding hydrogens is 394 g/mol. The number of carbonyl (C=O) groups excluding carboxylic acids is 1. The minimum atomic E-state index is -0.825. The normalized spacial score (nSPS) is 10.7. The number of carbonyl (C=O) groups is 1. The van der Waals surface area contributed by atoms with E-state index in [2.05, 4.69) is 14.7 Å². The SMILES string of the molecule is COC(=O)c1cc(Oc2nc(-c3ccsc3)nc3ccccc23)ccc1[N+](=O)[O-]. The number of para-hydroxylation sites is 1. The van der Waals surface area contributed by atoms with Crippen LogP contribution in [0.15, 0.2) is 59.3 Å². The first-order valence-electron chi connectivity index (χ1n) is 8.41. The maximum Gasteiger partial charge on any atom is 0.345 e. The third-order valence-electron chi connectivity index (χ3n) is 4.13. The second kappa shape index (κ2) is 7.64. The van der Waals surface area contributed by atoms with Crippen LogP contribution in [-0.4, -0.2) is 28.0 Å². The molecule has 2 aromatic heterocycles. The molecule has 0 aliphatic carbocycles. The summed E-state index contributed by atoms with van der Waals surface area (Å²) in [5.41, 5.74) is 0.973. The van der Waals surface area contributed by atoms with Crippen LogP contribution in [-0.2, 0) is 4.74 Å². The molecule has 4 rings (SSSR count). The molecule has 0 N–H and O–H groups in total. The fourth-order valence-electron chi connectivity index (χ4n) is 2.77. The summed E-state index contributed by atoms with van der Waals surface area (Å²) < 4.78 is 10.6. The molecule has 0 aliphatic rings. The molecule has 0 radical (unpaired) electrons. The van der Waals surface area contributed by atoms with Crippen molar-refractivity contribution in [3.8, 4) is 23.0 Å². The fourth-order valence-corrected chi connectivity index (χ4v) is 3.40. The van der Waals surface area contributed by atoms with Crippen LogP contribution in [0.2, 0.25) is 0 Å². The molecule has 144 valence electrons. The Bertz CT molecular complexity index is 1220. The standard InChI is InChI=1S/C20H13N3O5S/c1-27-20(24)15-10-13(6-7-17(15)23(25)26)28-19-14-4-2-3-5-16(14)21-18(22-19)12-8-9-29-11-12/h2-11H,1H3. The van der Waals surface area contributed by atoms with E-state index in [1.165, 1.54) is 29.5 Å². The largest absolute Gasteiger partial charge is 0.465 e. The van der Waals surface area contributed by atoms with Gasteiger partial charge in [0.15, 0.2) is 5.82 Å². The molecule has 0 bridgehead atoms. The topological polar surface area (TPSA) is 104 Å². The van der Waals surface area contributed by atoms with Crippen molar-refractivity contribution in [3.05, 3.63) is 75.0 Å². The summed E-state index contributed by atoms with van der Waals surface area (Å²) >= 11 is 1.53. The molecule has 0 saturated heterocycles. The lowest BCUT2D eigenvalue weighted by molar-refractivity contribution is -0.385. The van der Waals surface area contributed by atoms with Gasteiger partial charge in [-0.15, -0.1) is 0 Å². The number of benzene rings is 2. The van der Waals surface area contributed by atoms with Crippen molar-refractivity contribution in [1.82, 2.24) is 9.97 Å². The molecular formula is C20H13N3O5S. The van der Waals surface area contributed by atoms with Crippen LogP contribution in [0.4, 0.5) is 5.69 Å². The number of aromatic nitrogens is 2. The van der Waals surface area contributed by atoms with Crippen molar-refractivity contribution in [2.45, 2.75) is 0 Å². The molecule has 8 nitrogen and oxygen atoms in total. The van der Waals surface area contributed by atoms with Crippen LogP contribution in [0.1, 0.15) is 10.4 Å². The fraction of sp³-hybridized carbons (Fsp3) is 0.0500. The number of esters is 1. The van der Waals surface area contributed by atoms with E-state index < -0.39 is 10.9 Å². The van der Waals surface area contributed by atoms with Gasteiger partial charge in [-0.25, -0.2) is 9.78 Å². The Balaban J connectivity index is 1.82. The van der Waals surface area contributed by atoms with Crippen molar-refractivity contribution in [2.24, 2.45) is 0 Å². The van der Waals surface area contributed by atoms with Gasteiger partial charge in [-0.05, 0) is 29.6 Å². The van der Waals surface area contributed by atoms with Crippen molar-refractivity contribution in [2.75, 3.05) is 7.11 Å². The van der Waals surface area contributed by atoms with Gasteiger partial charge in [-0.2, -0.15) is 16.3 Å². The van der Waals surface area contributed by atoms with Gasteiger partial charge in [0.2, 0.25) is 5.88 Å². The number of nitro benzene ring substituents is 1. The van der Waals surface area contributed by atoms with Crippen molar-refractivity contribution in [3.63, 3.8) is 0 Å². The predicted molar refractivity (Wildman–Crippen MR) is 107 cm³/mol. The number of rotatable bonds is 5. The van der Waals surface area contributed by atoms with E-state index in [1.807, 2.05) is 41.1 Å². The lowest BCUT2D eigenvalue weighted by Gasteiger charge is -2.10. The lowest BCUT2D eigenvalue weighted by Crippen LogP contribution is -2.06. The van der Waals surface area contributed by atoms with Crippen LogP contribution < -0.4 is 4.74 Å². The van der Waals surface area contributed by atoms with E-state index in [-0.39, 0.29) is 22.9 Å². The molecule has 4 aromatic rings. The van der Waals surface area contributed by atoms with Crippen LogP contribution >= 0.6 is 11.3 Å². The Morgan fingerprint density at radius 3 is 2.69 bits per heavy atom. The summed E-state index contributed by atoms with van der Waals surface area (Å²) in [5.74, 6) is 0.168. The molecule has 0 aliphatic heterocycles. The van der Waals surface area contributed by atoms with E-state index >= 15 is 0 Å². The van der Waals surface area contributed by atoms with Gasteiger partial charge in [0, 0.05) is 23.1 Å². The summed E-state index contributed by atoms with van der Waals surface area (Å²) in [4.78, 5) is 31.6. The average Bonchev–Trinajstić information content (AvgIpc) is 3.28. The van der Waals surface area contributed by atoms with Crippen molar-refractivity contribution >= 4 is 33.9 Å². The zero-order valence-corrected chi connectivity index (χ0v) is 15.9. The lowest BCUT2D eigenvalue weighted by atomic mass is 10.1.